The number of para-hydroxylation sites is 1. The van der Waals surface area contributed by atoms with Crippen LogP contribution in [0.2, 0.25) is 5.02 Å². The van der Waals surface area contributed by atoms with Crippen LogP contribution < -0.4 is 0 Å². The number of hydrogen-bond acceptors (Lipinski definition) is 1. The van der Waals surface area contributed by atoms with Crippen molar-refractivity contribution in [2.24, 2.45) is 0 Å². The van der Waals surface area contributed by atoms with E-state index in [-0.39, 0.29) is 0 Å². The molecule has 0 radical (unpaired) electrons. The highest BCUT2D eigenvalue weighted by Crippen LogP contribution is 2.26. The van der Waals surface area contributed by atoms with Crippen LogP contribution in [0, 0.1) is 0 Å². The van der Waals surface area contributed by atoms with E-state index < -0.39 is 0 Å². The van der Waals surface area contributed by atoms with E-state index >= 15 is 0 Å². The van der Waals surface area contributed by atoms with E-state index in [4.69, 9.17) is 11.6 Å². The van der Waals surface area contributed by atoms with E-state index in [0.717, 1.165) is 22.2 Å². The molecule has 2 heteroatoms. The number of allylic oxidation sites excluding steroid dienone is 4. The van der Waals surface area contributed by atoms with Crippen LogP contribution in [0.1, 0.15) is 19.5 Å². The molecule has 0 atom stereocenters. The van der Waals surface area contributed by atoms with Crippen LogP contribution in [0.5, 0.6) is 0 Å². The Hall–Kier alpha value is -1.86. The second-order valence-electron chi connectivity index (χ2n) is 3.57. The second-order valence-corrected chi connectivity index (χ2v) is 3.98. The van der Waals surface area contributed by atoms with Gasteiger partial charge in [0.05, 0.1) is 16.2 Å². The van der Waals surface area contributed by atoms with Crippen LogP contribution in [0.4, 0.5) is 0 Å². The lowest BCUT2D eigenvalue weighted by Crippen LogP contribution is -1.89. The predicted octanol–water partition coefficient (Wildman–Crippen LogP) is 5.67. The Morgan fingerprint density at radius 1 is 1.21 bits per heavy atom. The minimum absolute atomic E-state index is 0.697. The van der Waals surface area contributed by atoms with Crippen molar-refractivity contribution in [2.45, 2.75) is 13.8 Å². The largest absolute Gasteiger partial charge is 0.248 e. The number of halogens is 1. The molecule has 0 aliphatic rings. The molecule has 0 N–H and O–H groups in total. The fraction of sp³-hybridized carbons (Fsp3) is 0.118. The molecule has 0 amide bonds. The molecule has 0 unspecified atom stereocenters. The lowest BCUT2D eigenvalue weighted by atomic mass is 10.1. The van der Waals surface area contributed by atoms with Gasteiger partial charge in [0.2, 0.25) is 0 Å². The minimum Gasteiger partial charge on any atom is -0.248 e. The molecule has 0 bridgehead atoms. The van der Waals surface area contributed by atoms with Gasteiger partial charge in [-0.3, -0.25) is 0 Å². The van der Waals surface area contributed by atoms with E-state index in [2.05, 4.69) is 18.1 Å². The van der Waals surface area contributed by atoms with Crippen LogP contribution in [-0.4, -0.2) is 4.98 Å². The highest BCUT2D eigenvalue weighted by Gasteiger charge is 2.05. The maximum absolute atomic E-state index is 6.24. The first kappa shape index (κ1) is 15.2. The van der Waals surface area contributed by atoms with Crippen LogP contribution in [-0.2, 0) is 0 Å². The molecule has 1 aromatic heterocycles. The average Bonchev–Trinajstić information content (AvgIpc) is 2.47. The number of pyridine rings is 1. The molecule has 19 heavy (non-hydrogen) atoms. The molecule has 98 valence electrons. The van der Waals surface area contributed by atoms with Gasteiger partial charge in [-0.1, -0.05) is 75.0 Å². The molecular weight excluding hydrogens is 254 g/mol. The predicted molar refractivity (Wildman–Crippen MR) is 86.5 cm³/mol. The maximum Gasteiger partial charge on any atom is 0.0724 e. The molecule has 0 fully saturated rings. The van der Waals surface area contributed by atoms with Crippen molar-refractivity contribution in [1.82, 2.24) is 4.98 Å². The highest BCUT2D eigenvalue weighted by molar-refractivity contribution is 6.35. The summed E-state index contributed by atoms with van der Waals surface area (Å²) in [6, 6.07) is 9.64. The lowest BCUT2D eigenvalue weighted by molar-refractivity contribution is 1.35. The number of rotatable bonds is 3. The van der Waals surface area contributed by atoms with Crippen molar-refractivity contribution in [3.8, 4) is 0 Å². The van der Waals surface area contributed by atoms with Crippen molar-refractivity contribution in [1.29, 1.82) is 0 Å². The Balaban J connectivity index is 0.000000861. The van der Waals surface area contributed by atoms with Gasteiger partial charge < -0.3 is 0 Å². The number of hydrogen-bond donors (Lipinski definition) is 0. The third-order valence-electron chi connectivity index (χ3n) is 2.48. The van der Waals surface area contributed by atoms with Crippen molar-refractivity contribution in [3.05, 3.63) is 72.4 Å². The van der Waals surface area contributed by atoms with Gasteiger partial charge in [-0.25, -0.2) is 4.98 Å². The molecular formula is C17H18ClN. The number of benzene rings is 1. The Labute approximate surface area is 119 Å². The summed E-state index contributed by atoms with van der Waals surface area (Å²) in [5.41, 5.74) is 2.60. The van der Waals surface area contributed by atoms with Gasteiger partial charge in [0.15, 0.2) is 0 Å². The second kappa shape index (κ2) is 7.55. The minimum atomic E-state index is 0.697. The molecule has 0 saturated heterocycles. The van der Waals surface area contributed by atoms with Gasteiger partial charge in [-0.15, -0.1) is 0 Å². The van der Waals surface area contributed by atoms with Crippen LogP contribution >= 0.6 is 11.6 Å². The summed E-state index contributed by atoms with van der Waals surface area (Å²) in [7, 11) is 0. The standard InChI is InChI=1S/C15H12ClN.C2H6/c1-3-7-11(4-2)15-10-13(16)12-8-5-6-9-14(12)17-15;1-2/h3-10H,1-2H2;1-2H3/b11-7+;. The van der Waals surface area contributed by atoms with Crippen molar-refractivity contribution >= 4 is 28.1 Å². The molecule has 1 heterocycles. The van der Waals surface area contributed by atoms with Crippen molar-refractivity contribution in [3.63, 3.8) is 0 Å². The summed E-state index contributed by atoms with van der Waals surface area (Å²) in [6.07, 6.45) is 5.32. The topological polar surface area (TPSA) is 12.9 Å². The summed E-state index contributed by atoms with van der Waals surface area (Å²) in [5.74, 6) is 0. The summed E-state index contributed by atoms with van der Waals surface area (Å²) < 4.78 is 0. The maximum atomic E-state index is 6.24. The fourth-order valence-corrected chi connectivity index (χ4v) is 1.93. The highest BCUT2D eigenvalue weighted by atomic mass is 35.5. The van der Waals surface area contributed by atoms with Gasteiger partial charge in [-0.2, -0.15) is 0 Å². The summed E-state index contributed by atoms with van der Waals surface area (Å²) >= 11 is 6.24. The van der Waals surface area contributed by atoms with Gasteiger partial charge in [0.25, 0.3) is 0 Å². The number of nitrogens with zero attached hydrogens (tertiary/aromatic N) is 1. The van der Waals surface area contributed by atoms with E-state index in [9.17, 15) is 0 Å². The Kier molecular flexibility index (Phi) is 6.04. The fourth-order valence-electron chi connectivity index (χ4n) is 1.67. The molecule has 2 aromatic rings. The monoisotopic (exact) mass is 271 g/mol. The van der Waals surface area contributed by atoms with Crippen molar-refractivity contribution in [2.75, 3.05) is 0 Å². The van der Waals surface area contributed by atoms with Gasteiger partial charge in [-0.05, 0) is 17.7 Å². The Bertz CT molecular complexity index is 612. The first-order chi connectivity index (χ1) is 9.26. The molecule has 0 saturated carbocycles. The van der Waals surface area contributed by atoms with Crippen LogP contribution in [0.15, 0.2) is 61.7 Å². The molecule has 0 spiro atoms. The summed E-state index contributed by atoms with van der Waals surface area (Å²) in [4.78, 5) is 4.55. The summed E-state index contributed by atoms with van der Waals surface area (Å²) in [6.45, 7) is 11.4. The molecule has 2 rings (SSSR count). The number of fused-ring (bicyclic) bond motifs is 1. The quantitative estimate of drug-likeness (QED) is 0.656. The van der Waals surface area contributed by atoms with E-state index in [1.165, 1.54) is 0 Å². The van der Waals surface area contributed by atoms with E-state index in [0.29, 0.717) is 5.02 Å². The zero-order chi connectivity index (χ0) is 14.3. The number of aromatic nitrogens is 1. The first-order valence-corrected chi connectivity index (χ1v) is 6.65. The summed E-state index contributed by atoms with van der Waals surface area (Å²) in [5, 5.41) is 1.65. The Morgan fingerprint density at radius 2 is 1.89 bits per heavy atom. The SMILES string of the molecule is C=C/C=C(\C=C)c1cc(Cl)c2ccccc2n1.CC. The van der Waals surface area contributed by atoms with Crippen LogP contribution in [0.25, 0.3) is 16.5 Å². The van der Waals surface area contributed by atoms with Crippen molar-refractivity contribution < 1.29 is 0 Å². The average molecular weight is 272 g/mol. The zero-order valence-electron chi connectivity index (χ0n) is 11.4. The van der Waals surface area contributed by atoms with Gasteiger partial charge in [0, 0.05) is 5.39 Å². The zero-order valence-corrected chi connectivity index (χ0v) is 12.1. The lowest BCUT2D eigenvalue weighted by Gasteiger charge is -2.05. The van der Waals surface area contributed by atoms with Gasteiger partial charge >= 0.3 is 0 Å². The molecule has 1 aromatic carbocycles. The molecule has 0 aliphatic carbocycles. The molecule has 1 nitrogen and oxygen atoms in total. The van der Waals surface area contributed by atoms with Crippen LogP contribution in [0.3, 0.4) is 0 Å². The third-order valence-corrected chi connectivity index (χ3v) is 2.79. The normalized spacial score (nSPS) is 10.6. The Morgan fingerprint density at radius 3 is 2.53 bits per heavy atom. The van der Waals surface area contributed by atoms with Gasteiger partial charge in [0.1, 0.15) is 0 Å². The molecule has 0 aliphatic heterocycles. The van der Waals surface area contributed by atoms with E-state index in [1.54, 1.807) is 12.2 Å². The van der Waals surface area contributed by atoms with E-state index in [1.807, 2.05) is 50.3 Å². The smallest absolute Gasteiger partial charge is 0.0724 e. The first-order valence-electron chi connectivity index (χ1n) is 6.27. The third kappa shape index (κ3) is 3.55.